The highest BCUT2D eigenvalue weighted by molar-refractivity contribution is 5.79. The summed E-state index contributed by atoms with van der Waals surface area (Å²) in [5.74, 6) is 1.09. The summed E-state index contributed by atoms with van der Waals surface area (Å²) in [6.45, 7) is 4.21. The SMILES string of the molecule is COC(=O)N1CCC(C(=O)N2CCN(c3ccccc3OC)CC2)CC1. The molecule has 142 valence electrons. The van der Waals surface area contributed by atoms with Gasteiger partial charge in [-0.05, 0) is 25.0 Å². The van der Waals surface area contributed by atoms with Crippen LogP contribution in [0.3, 0.4) is 0 Å². The highest BCUT2D eigenvalue weighted by Crippen LogP contribution is 2.29. The smallest absolute Gasteiger partial charge is 0.409 e. The van der Waals surface area contributed by atoms with Crippen molar-refractivity contribution in [2.75, 3.05) is 58.4 Å². The molecule has 0 N–H and O–H groups in total. The van der Waals surface area contributed by atoms with Crippen LogP contribution >= 0.6 is 0 Å². The minimum Gasteiger partial charge on any atom is -0.495 e. The minimum atomic E-state index is -0.304. The van der Waals surface area contributed by atoms with Gasteiger partial charge in [-0.25, -0.2) is 4.79 Å². The molecule has 1 aromatic carbocycles. The third-order valence-corrected chi connectivity index (χ3v) is 5.29. The molecule has 0 aromatic heterocycles. The van der Waals surface area contributed by atoms with E-state index in [-0.39, 0.29) is 17.9 Å². The molecule has 0 bridgehead atoms. The summed E-state index contributed by atoms with van der Waals surface area (Å²) in [5.41, 5.74) is 1.08. The van der Waals surface area contributed by atoms with E-state index in [4.69, 9.17) is 9.47 Å². The first-order valence-electron chi connectivity index (χ1n) is 9.13. The molecule has 0 aliphatic carbocycles. The van der Waals surface area contributed by atoms with Gasteiger partial charge in [-0.15, -0.1) is 0 Å². The summed E-state index contributed by atoms with van der Waals surface area (Å²) in [4.78, 5) is 30.3. The number of piperidine rings is 1. The Labute approximate surface area is 154 Å². The van der Waals surface area contributed by atoms with Crippen LogP contribution in [0.25, 0.3) is 0 Å². The summed E-state index contributed by atoms with van der Waals surface area (Å²) in [6, 6.07) is 7.98. The number of carbonyl (C=O) groups excluding carboxylic acids is 2. The molecule has 2 aliphatic rings. The van der Waals surface area contributed by atoms with Crippen LogP contribution in [0.1, 0.15) is 12.8 Å². The molecule has 2 amide bonds. The second-order valence-electron chi connectivity index (χ2n) is 6.72. The van der Waals surface area contributed by atoms with Crippen molar-refractivity contribution in [1.82, 2.24) is 9.80 Å². The van der Waals surface area contributed by atoms with Crippen LogP contribution in [0.4, 0.5) is 10.5 Å². The Kier molecular flexibility index (Phi) is 5.85. The Balaban J connectivity index is 1.52. The zero-order chi connectivity index (χ0) is 18.5. The number of rotatable bonds is 3. The highest BCUT2D eigenvalue weighted by Gasteiger charge is 2.32. The van der Waals surface area contributed by atoms with Crippen LogP contribution in [0.2, 0.25) is 0 Å². The van der Waals surface area contributed by atoms with E-state index in [9.17, 15) is 9.59 Å². The van der Waals surface area contributed by atoms with Crippen LogP contribution in [-0.2, 0) is 9.53 Å². The van der Waals surface area contributed by atoms with E-state index in [2.05, 4.69) is 11.0 Å². The van der Waals surface area contributed by atoms with Gasteiger partial charge in [-0.3, -0.25) is 4.79 Å². The normalized spacial score (nSPS) is 18.6. The fourth-order valence-corrected chi connectivity index (χ4v) is 3.76. The van der Waals surface area contributed by atoms with Gasteiger partial charge in [0.1, 0.15) is 5.75 Å². The largest absolute Gasteiger partial charge is 0.495 e. The number of anilines is 1. The van der Waals surface area contributed by atoms with Crippen molar-refractivity contribution in [3.8, 4) is 5.75 Å². The molecule has 7 heteroatoms. The predicted octanol–water partition coefficient (Wildman–Crippen LogP) is 1.82. The zero-order valence-electron chi connectivity index (χ0n) is 15.5. The van der Waals surface area contributed by atoms with Crippen LogP contribution in [0, 0.1) is 5.92 Å². The fraction of sp³-hybridized carbons (Fsp3) is 0.579. The van der Waals surface area contributed by atoms with E-state index in [0.717, 1.165) is 24.5 Å². The second-order valence-corrected chi connectivity index (χ2v) is 6.72. The summed E-state index contributed by atoms with van der Waals surface area (Å²) >= 11 is 0. The van der Waals surface area contributed by atoms with Crippen LogP contribution < -0.4 is 9.64 Å². The van der Waals surface area contributed by atoms with E-state index in [1.165, 1.54) is 7.11 Å². The third kappa shape index (κ3) is 3.86. The lowest BCUT2D eigenvalue weighted by molar-refractivity contribution is -0.137. The van der Waals surface area contributed by atoms with Gasteiger partial charge < -0.3 is 24.2 Å². The standard InChI is InChI=1S/C19H27N3O4/c1-25-17-6-4-3-5-16(17)20-11-13-21(14-12-20)18(23)15-7-9-22(10-8-15)19(24)26-2/h3-6,15H,7-14H2,1-2H3. The Morgan fingerprint density at radius 3 is 2.19 bits per heavy atom. The van der Waals surface area contributed by atoms with Crippen molar-refractivity contribution in [2.24, 2.45) is 5.92 Å². The Bertz CT molecular complexity index is 635. The van der Waals surface area contributed by atoms with Crippen molar-refractivity contribution in [3.63, 3.8) is 0 Å². The Hall–Kier alpha value is -2.44. The van der Waals surface area contributed by atoms with Gasteiger partial charge in [0.25, 0.3) is 0 Å². The number of hydrogen-bond acceptors (Lipinski definition) is 5. The first kappa shape index (κ1) is 18.4. The molecule has 0 saturated carbocycles. The number of benzene rings is 1. The highest BCUT2D eigenvalue weighted by atomic mass is 16.5. The number of methoxy groups -OCH3 is 2. The van der Waals surface area contributed by atoms with Crippen LogP contribution in [0.15, 0.2) is 24.3 Å². The van der Waals surface area contributed by atoms with Crippen LogP contribution in [0.5, 0.6) is 5.75 Å². The fourth-order valence-electron chi connectivity index (χ4n) is 3.76. The van der Waals surface area contributed by atoms with E-state index < -0.39 is 0 Å². The first-order chi connectivity index (χ1) is 12.6. The predicted molar refractivity (Wildman–Crippen MR) is 98.5 cm³/mol. The van der Waals surface area contributed by atoms with Crippen LogP contribution in [-0.4, -0.2) is 75.3 Å². The van der Waals surface area contributed by atoms with E-state index in [1.807, 2.05) is 23.1 Å². The molecule has 0 radical (unpaired) electrons. The zero-order valence-corrected chi connectivity index (χ0v) is 15.5. The second kappa shape index (κ2) is 8.29. The maximum absolute atomic E-state index is 12.8. The lowest BCUT2D eigenvalue weighted by Crippen LogP contribution is -2.52. The van der Waals surface area contributed by atoms with Gasteiger partial charge in [0.15, 0.2) is 0 Å². The Morgan fingerprint density at radius 1 is 0.923 bits per heavy atom. The molecule has 2 saturated heterocycles. The topological polar surface area (TPSA) is 62.3 Å². The molecule has 3 rings (SSSR count). The van der Waals surface area contributed by atoms with Crippen molar-refractivity contribution in [2.45, 2.75) is 12.8 Å². The lowest BCUT2D eigenvalue weighted by atomic mass is 9.95. The number of ether oxygens (including phenoxy) is 2. The molecule has 26 heavy (non-hydrogen) atoms. The summed E-state index contributed by atoms with van der Waals surface area (Å²) in [5, 5.41) is 0. The van der Waals surface area contributed by atoms with E-state index >= 15 is 0 Å². The molecule has 1 aromatic rings. The molecule has 0 unspecified atom stereocenters. The monoisotopic (exact) mass is 361 g/mol. The summed E-state index contributed by atoms with van der Waals surface area (Å²) < 4.78 is 10.2. The first-order valence-corrected chi connectivity index (χ1v) is 9.13. The van der Waals surface area contributed by atoms with Crippen molar-refractivity contribution in [3.05, 3.63) is 24.3 Å². The molecule has 0 spiro atoms. The van der Waals surface area contributed by atoms with Crippen molar-refractivity contribution >= 4 is 17.7 Å². The average Bonchev–Trinajstić information content (AvgIpc) is 2.73. The van der Waals surface area contributed by atoms with E-state index in [1.54, 1.807) is 12.0 Å². The number of nitrogens with zero attached hydrogens (tertiary/aromatic N) is 3. The molecule has 7 nitrogen and oxygen atoms in total. The molecule has 2 fully saturated rings. The van der Waals surface area contributed by atoms with Gasteiger partial charge in [-0.2, -0.15) is 0 Å². The molecule has 0 atom stereocenters. The Morgan fingerprint density at radius 2 is 1.58 bits per heavy atom. The summed E-state index contributed by atoms with van der Waals surface area (Å²) in [6.07, 6.45) is 1.11. The lowest BCUT2D eigenvalue weighted by Gasteiger charge is -2.39. The maximum atomic E-state index is 12.8. The summed E-state index contributed by atoms with van der Waals surface area (Å²) in [7, 11) is 3.07. The van der Waals surface area contributed by atoms with Crippen molar-refractivity contribution < 1.29 is 19.1 Å². The molecule has 2 aliphatic heterocycles. The number of piperazine rings is 1. The van der Waals surface area contributed by atoms with E-state index in [0.29, 0.717) is 39.0 Å². The molecular formula is C19H27N3O4. The third-order valence-electron chi connectivity index (χ3n) is 5.29. The van der Waals surface area contributed by atoms with Crippen molar-refractivity contribution in [1.29, 1.82) is 0 Å². The number of likely N-dealkylation sites (tertiary alicyclic amines) is 1. The van der Waals surface area contributed by atoms with Gasteiger partial charge in [0.05, 0.1) is 19.9 Å². The number of carbonyl (C=O) groups is 2. The minimum absolute atomic E-state index is 0.00807. The van der Waals surface area contributed by atoms with Gasteiger partial charge in [0, 0.05) is 45.2 Å². The van der Waals surface area contributed by atoms with Gasteiger partial charge >= 0.3 is 6.09 Å². The number of amides is 2. The average molecular weight is 361 g/mol. The number of hydrogen-bond donors (Lipinski definition) is 0. The van der Waals surface area contributed by atoms with Gasteiger partial charge in [0.2, 0.25) is 5.91 Å². The number of para-hydroxylation sites is 2. The van der Waals surface area contributed by atoms with Gasteiger partial charge in [-0.1, -0.05) is 12.1 Å². The molecular weight excluding hydrogens is 334 g/mol. The quantitative estimate of drug-likeness (QED) is 0.822. The molecule has 2 heterocycles. The maximum Gasteiger partial charge on any atom is 0.409 e.